The van der Waals surface area contributed by atoms with Gasteiger partial charge in [-0.2, -0.15) is 5.26 Å². The molecule has 2 nitrogen and oxygen atoms in total. The highest BCUT2D eigenvalue weighted by Crippen LogP contribution is 2.45. The maximum Gasteiger partial charge on any atom is 0.107 e. The summed E-state index contributed by atoms with van der Waals surface area (Å²) in [5.41, 5.74) is 1.59. The number of hydrogen-bond acceptors (Lipinski definition) is 2. The number of hydrogen-bond donors (Lipinski definition) is 0. The van der Waals surface area contributed by atoms with Gasteiger partial charge in [0, 0.05) is 10.7 Å². The van der Waals surface area contributed by atoms with E-state index in [2.05, 4.69) is 33.6 Å². The molecule has 0 aromatic carbocycles. The van der Waals surface area contributed by atoms with Gasteiger partial charge >= 0.3 is 0 Å². The lowest BCUT2D eigenvalue weighted by Crippen LogP contribution is -2.34. The topological polar surface area (TPSA) is 36.7 Å². The first-order valence-corrected chi connectivity index (χ1v) is 5.15. The van der Waals surface area contributed by atoms with Crippen LogP contribution in [0.4, 0.5) is 0 Å². The standard InChI is InChI=1S/C11H9BrN2/c1-8-4-11(5-8,7-13)10-3-2-9(12)6-14-10/h2-3,6H,1,4-5H2. The number of allylic oxidation sites excluding steroid dienone is 1. The number of rotatable bonds is 1. The second-order valence-electron chi connectivity index (χ2n) is 3.66. The summed E-state index contributed by atoms with van der Waals surface area (Å²) in [7, 11) is 0. The molecular formula is C11H9BrN2. The summed E-state index contributed by atoms with van der Waals surface area (Å²) in [6.07, 6.45) is 3.23. The lowest BCUT2D eigenvalue weighted by molar-refractivity contribution is 0.421. The highest BCUT2D eigenvalue weighted by atomic mass is 79.9. The van der Waals surface area contributed by atoms with E-state index in [0.717, 1.165) is 28.6 Å². The summed E-state index contributed by atoms with van der Waals surface area (Å²) >= 11 is 3.32. The normalized spacial score (nSPS) is 18.4. The molecule has 3 heteroatoms. The molecule has 0 bridgehead atoms. The number of halogens is 1. The molecule has 1 aromatic rings. The van der Waals surface area contributed by atoms with Crippen LogP contribution in [0, 0.1) is 11.3 Å². The molecule has 0 unspecified atom stereocenters. The molecule has 1 fully saturated rings. The average Bonchev–Trinajstić information content (AvgIpc) is 2.14. The lowest BCUT2D eigenvalue weighted by Gasteiger charge is -2.36. The Morgan fingerprint density at radius 2 is 2.21 bits per heavy atom. The summed E-state index contributed by atoms with van der Waals surface area (Å²) in [4.78, 5) is 4.27. The van der Waals surface area contributed by atoms with Gasteiger partial charge in [0.1, 0.15) is 5.41 Å². The van der Waals surface area contributed by atoms with Gasteiger partial charge in [-0.15, -0.1) is 0 Å². The van der Waals surface area contributed by atoms with Gasteiger partial charge in [0.05, 0.1) is 11.8 Å². The third kappa shape index (κ3) is 1.36. The zero-order chi connectivity index (χ0) is 10.2. The first kappa shape index (κ1) is 9.42. The molecule has 0 aliphatic heterocycles. The fourth-order valence-corrected chi connectivity index (χ4v) is 2.01. The van der Waals surface area contributed by atoms with Crippen LogP contribution in [0.5, 0.6) is 0 Å². The van der Waals surface area contributed by atoms with E-state index in [4.69, 9.17) is 5.26 Å². The number of nitrogens with zero attached hydrogens (tertiary/aromatic N) is 2. The van der Waals surface area contributed by atoms with Crippen LogP contribution in [0.3, 0.4) is 0 Å². The number of aromatic nitrogens is 1. The summed E-state index contributed by atoms with van der Waals surface area (Å²) in [6.45, 7) is 3.86. The second-order valence-corrected chi connectivity index (χ2v) is 4.57. The van der Waals surface area contributed by atoms with Crippen molar-refractivity contribution >= 4 is 15.9 Å². The summed E-state index contributed by atoms with van der Waals surface area (Å²) in [6, 6.07) is 6.16. The van der Waals surface area contributed by atoms with Crippen molar-refractivity contribution in [2.75, 3.05) is 0 Å². The van der Waals surface area contributed by atoms with Crippen molar-refractivity contribution in [2.24, 2.45) is 0 Å². The molecule has 0 saturated heterocycles. The molecule has 1 saturated carbocycles. The van der Waals surface area contributed by atoms with Gasteiger partial charge in [-0.1, -0.05) is 12.2 Å². The van der Waals surface area contributed by atoms with Gasteiger partial charge in [0.15, 0.2) is 0 Å². The molecule has 14 heavy (non-hydrogen) atoms. The van der Waals surface area contributed by atoms with Crippen LogP contribution in [-0.4, -0.2) is 4.98 Å². The minimum absolute atomic E-state index is 0.405. The van der Waals surface area contributed by atoms with E-state index in [-0.39, 0.29) is 0 Å². The molecule has 70 valence electrons. The van der Waals surface area contributed by atoms with E-state index in [9.17, 15) is 0 Å². The van der Waals surface area contributed by atoms with E-state index < -0.39 is 5.41 Å². The quantitative estimate of drug-likeness (QED) is 0.717. The van der Waals surface area contributed by atoms with Crippen molar-refractivity contribution in [1.82, 2.24) is 4.98 Å². The predicted octanol–water partition coefficient (Wildman–Crippen LogP) is 2.96. The molecule has 0 atom stereocenters. The zero-order valence-corrected chi connectivity index (χ0v) is 9.21. The summed E-state index contributed by atoms with van der Waals surface area (Å²) in [5.74, 6) is 0. The fraction of sp³-hybridized carbons (Fsp3) is 0.273. The maximum absolute atomic E-state index is 9.13. The minimum Gasteiger partial charge on any atom is -0.258 e. The minimum atomic E-state index is -0.405. The Bertz CT molecular complexity index is 406. The van der Waals surface area contributed by atoms with Crippen LogP contribution in [0.1, 0.15) is 18.5 Å². The van der Waals surface area contributed by atoms with E-state index in [1.807, 2.05) is 12.1 Å². The van der Waals surface area contributed by atoms with Gasteiger partial charge in [0.2, 0.25) is 0 Å². The van der Waals surface area contributed by atoms with Gasteiger partial charge in [0.25, 0.3) is 0 Å². The molecule has 0 spiro atoms. The van der Waals surface area contributed by atoms with E-state index >= 15 is 0 Å². The highest BCUT2D eigenvalue weighted by Gasteiger charge is 2.42. The predicted molar refractivity (Wildman–Crippen MR) is 57.6 cm³/mol. The molecule has 1 heterocycles. The fourth-order valence-electron chi connectivity index (χ4n) is 1.78. The van der Waals surface area contributed by atoms with Crippen LogP contribution in [0.15, 0.2) is 35.0 Å². The van der Waals surface area contributed by atoms with Crippen LogP contribution < -0.4 is 0 Å². The van der Waals surface area contributed by atoms with Crippen LogP contribution in [-0.2, 0) is 5.41 Å². The number of pyridine rings is 1. The Hall–Kier alpha value is -1.14. The van der Waals surface area contributed by atoms with Crippen molar-refractivity contribution < 1.29 is 0 Å². The van der Waals surface area contributed by atoms with E-state index in [0.29, 0.717) is 0 Å². The van der Waals surface area contributed by atoms with Gasteiger partial charge < -0.3 is 0 Å². The third-order valence-electron chi connectivity index (χ3n) is 2.54. The zero-order valence-electron chi connectivity index (χ0n) is 7.63. The van der Waals surface area contributed by atoms with Crippen molar-refractivity contribution in [2.45, 2.75) is 18.3 Å². The van der Waals surface area contributed by atoms with Gasteiger partial charge in [-0.25, -0.2) is 0 Å². The molecule has 0 amide bonds. The van der Waals surface area contributed by atoms with Crippen molar-refractivity contribution in [1.29, 1.82) is 5.26 Å². The number of nitriles is 1. The molecular weight excluding hydrogens is 240 g/mol. The Labute approximate surface area is 91.4 Å². The molecule has 0 N–H and O–H groups in total. The van der Waals surface area contributed by atoms with E-state index in [1.165, 1.54) is 0 Å². The Morgan fingerprint density at radius 1 is 1.50 bits per heavy atom. The van der Waals surface area contributed by atoms with E-state index in [1.54, 1.807) is 6.20 Å². The average molecular weight is 249 g/mol. The summed E-state index contributed by atoms with van der Waals surface area (Å²) in [5, 5.41) is 9.13. The van der Waals surface area contributed by atoms with Gasteiger partial charge in [-0.05, 0) is 40.9 Å². The summed E-state index contributed by atoms with van der Waals surface area (Å²) < 4.78 is 0.937. The van der Waals surface area contributed by atoms with Gasteiger partial charge in [-0.3, -0.25) is 4.98 Å². The molecule has 1 aromatic heterocycles. The van der Waals surface area contributed by atoms with Crippen LogP contribution >= 0.6 is 15.9 Å². The molecule has 1 aliphatic rings. The monoisotopic (exact) mass is 248 g/mol. The molecule has 0 radical (unpaired) electrons. The Balaban J connectivity index is 2.35. The Kier molecular flexibility index (Phi) is 2.16. The Morgan fingerprint density at radius 3 is 2.64 bits per heavy atom. The first-order valence-electron chi connectivity index (χ1n) is 4.36. The van der Waals surface area contributed by atoms with Crippen LogP contribution in [0.25, 0.3) is 0 Å². The SMILES string of the molecule is C=C1CC(C#N)(c2ccc(Br)cn2)C1. The molecule has 1 aliphatic carbocycles. The van der Waals surface area contributed by atoms with Crippen LogP contribution in [0.2, 0.25) is 0 Å². The van der Waals surface area contributed by atoms with Crippen molar-refractivity contribution in [3.8, 4) is 6.07 Å². The lowest BCUT2D eigenvalue weighted by atomic mass is 9.65. The smallest absolute Gasteiger partial charge is 0.107 e. The third-order valence-corrected chi connectivity index (χ3v) is 3.00. The van der Waals surface area contributed by atoms with Crippen molar-refractivity contribution in [3.05, 3.63) is 40.6 Å². The molecule has 2 rings (SSSR count). The second kappa shape index (κ2) is 3.21. The maximum atomic E-state index is 9.13. The highest BCUT2D eigenvalue weighted by molar-refractivity contribution is 9.10. The first-order chi connectivity index (χ1) is 6.66. The van der Waals surface area contributed by atoms with Crippen molar-refractivity contribution in [3.63, 3.8) is 0 Å². The largest absolute Gasteiger partial charge is 0.258 e.